The number of amidine groups is 1. The number of nitrogens with two attached hydrogens (primary N) is 1. The lowest BCUT2D eigenvalue weighted by Crippen LogP contribution is -2.11. The number of aryl methyl sites for hydroxylation is 1. The molecule has 0 radical (unpaired) electrons. The molecule has 1 heterocycles. The average molecular weight is 182 g/mol. The quantitative estimate of drug-likeness (QED) is 0.232. The summed E-state index contributed by atoms with van der Waals surface area (Å²) in [5, 5.41) is 15.2. The van der Waals surface area contributed by atoms with Crippen LogP contribution >= 0.6 is 0 Å². The predicted molar refractivity (Wildman–Crippen MR) is 49.5 cm³/mol. The average Bonchev–Trinajstić information content (AvgIpc) is 2.64. The van der Waals surface area contributed by atoms with E-state index in [1.807, 2.05) is 16.9 Å². The normalized spacial score (nSPS) is 11.8. The van der Waals surface area contributed by atoms with Gasteiger partial charge in [0.05, 0.1) is 0 Å². The fraction of sp³-hybridized carbons (Fsp3) is 0.500. The van der Waals surface area contributed by atoms with Crippen LogP contribution in [0.5, 0.6) is 0 Å². The molecular formula is C8H14N4O. The molecule has 1 rings (SSSR count). The summed E-state index contributed by atoms with van der Waals surface area (Å²) in [6, 6.07) is 1.89. The van der Waals surface area contributed by atoms with Gasteiger partial charge in [-0.2, -0.15) is 5.10 Å². The summed E-state index contributed by atoms with van der Waals surface area (Å²) in [6.07, 6.45) is 6.21. The van der Waals surface area contributed by atoms with Gasteiger partial charge in [-0.3, -0.25) is 4.68 Å². The van der Waals surface area contributed by atoms with Crippen LogP contribution in [0, 0.1) is 0 Å². The van der Waals surface area contributed by atoms with Crippen molar-refractivity contribution in [2.24, 2.45) is 10.9 Å². The largest absolute Gasteiger partial charge is 0.409 e. The first-order valence-electron chi connectivity index (χ1n) is 4.27. The van der Waals surface area contributed by atoms with Crippen molar-refractivity contribution in [1.82, 2.24) is 9.78 Å². The summed E-state index contributed by atoms with van der Waals surface area (Å²) in [6.45, 7) is 0.881. The van der Waals surface area contributed by atoms with Crippen molar-refractivity contribution in [3.8, 4) is 0 Å². The Morgan fingerprint density at radius 3 is 3.00 bits per heavy atom. The first-order chi connectivity index (χ1) is 6.33. The Hall–Kier alpha value is -1.52. The lowest BCUT2D eigenvalue weighted by atomic mass is 10.2. The van der Waals surface area contributed by atoms with Crippen molar-refractivity contribution in [3.63, 3.8) is 0 Å². The topological polar surface area (TPSA) is 76.4 Å². The molecule has 0 unspecified atom stereocenters. The van der Waals surface area contributed by atoms with E-state index in [9.17, 15) is 0 Å². The molecule has 0 aromatic carbocycles. The first kappa shape index (κ1) is 9.57. The molecule has 0 aliphatic heterocycles. The van der Waals surface area contributed by atoms with E-state index in [1.54, 1.807) is 6.20 Å². The molecular weight excluding hydrogens is 168 g/mol. The van der Waals surface area contributed by atoms with Crippen molar-refractivity contribution in [2.45, 2.75) is 25.8 Å². The Morgan fingerprint density at radius 2 is 2.38 bits per heavy atom. The molecule has 0 saturated carbocycles. The monoisotopic (exact) mass is 182 g/mol. The summed E-state index contributed by atoms with van der Waals surface area (Å²) in [5.41, 5.74) is 5.31. The zero-order chi connectivity index (χ0) is 9.52. The predicted octanol–water partition coefficient (Wildman–Crippen LogP) is 0.800. The molecule has 3 N–H and O–H groups in total. The third-order valence-corrected chi connectivity index (χ3v) is 1.76. The summed E-state index contributed by atoms with van der Waals surface area (Å²) in [5.74, 6) is 0.292. The molecule has 1 aromatic heterocycles. The molecule has 13 heavy (non-hydrogen) atoms. The molecule has 0 aliphatic carbocycles. The van der Waals surface area contributed by atoms with E-state index < -0.39 is 0 Å². The second-order valence-corrected chi connectivity index (χ2v) is 2.82. The van der Waals surface area contributed by atoms with Crippen LogP contribution in [0.3, 0.4) is 0 Å². The molecule has 5 nitrogen and oxygen atoms in total. The van der Waals surface area contributed by atoms with Gasteiger partial charge in [0.1, 0.15) is 5.84 Å². The fourth-order valence-electron chi connectivity index (χ4n) is 1.06. The second-order valence-electron chi connectivity index (χ2n) is 2.82. The number of hydrogen-bond donors (Lipinski definition) is 2. The van der Waals surface area contributed by atoms with E-state index in [0.717, 1.165) is 19.4 Å². The van der Waals surface area contributed by atoms with E-state index in [0.29, 0.717) is 12.3 Å². The van der Waals surface area contributed by atoms with Crippen LogP contribution in [0.2, 0.25) is 0 Å². The summed E-state index contributed by atoms with van der Waals surface area (Å²) >= 11 is 0. The van der Waals surface area contributed by atoms with Crippen LogP contribution in [-0.4, -0.2) is 20.8 Å². The van der Waals surface area contributed by atoms with Crippen molar-refractivity contribution in [3.05, 3.63) is 18.5 Å². The minimum absolute atomic E-state index is 0.292. The molecule has 5 heteroatoms. The highest BCUT2D eigenvalue weighted by molar-refractivity contribution is 5.79. The Labute approximate surface area is 76.8 Å². The maximum Gasteiger partial charge on any atom is 0.139 e. The standard InChI is InChI=1S/C8H14N4O/c9-8(11-13)4-1-2-6-12-7-3-5-10-12/h3,5,7,13H,1-2,4,6H2,(H2,9,11). The van der Waals surface area contributed by atoms with E-state index in [-0.39, 0.29) is 0 Å². The third kappa shape index (κ3) is 3.59. The number of nitrogens with zero attached hydrogens (tertiary/aromatic N) is 3. The highest BCUT2D eigenvalue weighted by Crippen LogP contribution is 1.98. The van der Waals surface area contributed by atoms with E-state index in [1.165, 1.54) is 0 Å². The van der Waals surface area contributed by atoms with Crippen LogP contribution in [0.25, 0.3) is 0 Å². The third-order valence-electron chi connectivity index (χ3n) is 1.76. The smallest absolute Gasteiger partial charge is 0.139 e. The van der Waals surface area contributed by atoms with Crippen molar-refractivity contribution in [1.29, 1.82) is 0 Å². The molecule has 0 spiro atoms. The lowest BCUT2D eigenvalue weighted by Gasteiger charge is -2.00. The molecule has 1 aromatic rings. The number of oxime groups is 1. The Morgan fingerprint density at radius 1 is 1.54 bits per heavy atom. The Bertz CT molecular complexity index is 255. The van der Waals surface area contributed by atoms with Crippen molar-refractivity contribution < 1.29 is 5.21 Å². The van der Waals surface area contributed by atoms with Gasteiger partial charge in [0, 0.05) is 25.4 Å². The van der Waals surface area contributed by atoms with Crippen LogP contribution < -0.4 is 5.73 Å². The second kappa shape index (κ2) is 5.18. The first-order valence-corrected chi connectivity index (χ1v) is 4.27. The van der Waals surface area contributed by atoms with Gasteiger partial charge in [0.2, 0.25) is 0 Å². The number of unbranched alkanes of at least 4 members (excludes halogenated alkanes) is 1. The summed E-state index contributed by atoms with van der Waals surface area (Å²) in [7, 11) is 0. The van der Waals surface area contributed by atoms with E-state index in [4.69, 9.17) is 10.9 Å². The molecule has 72 valence electrons. The Kier molecular flexibility index (Phi) is 3.81. The van der Waals surface area contributed by atoms with Gasteiger partial charge in [-0.15, -0.1) is 0 Å². The van der Waals surface area contributed by atoms with Gasteiger partial charge in [0.25, 0.3) is 0 Å². The molecule has 0 fully saturated rings. The molecule has 0 saturated heterocycles. The van der Waals surface area contributed by atoms with Crippen molar-refractivity contribution in [2.75, 3.05) is 0 Å². The van der Waals surface area contributed by atoms with Crippen LogP contribution in [-0.2, 0) is 6.54 Å². The zero-order valence-corrected chi connectivity index (χ0v) is 7.43. The summed E-state index contributed by atoms with van der Waals surface area (Å²) < 4.78 is 1.87. The lowest BCUT2D eigenvalue weighted by molar-refractivity contribution is 0.316. The van der Waals surface area contributed by atoms with Gasteiger partial charge in [-0.05, 0) is 18.9 Å². The van der Waals surface area contributed by atoms with Gasteiger partial charge in [-0.25, -0.2) is 0 Å². The minimum Gasteiger partial charge on any atom is -0.409 e. The fourth-order valence-corrected chi connectivity index (χ4v) is 1.06. The van der Waals surface area contributed by atoms with Crippen molar-refractivity contribution >= 4 is 5.84 Å². The van der Waals surface area contributed by atoms with Gasteiger partial charge in [0.15, 0.2) is 0 Å². The summed E-state index contributed by atoms with van der Waals surface area (Å²) in [4.78, 5) is 0. The van der Waals surface area contributed by atoms with E-state index >= 15 is 0 Å². The number of aromatic nitrogens is 2. The van der Waals surface area contributed by atoms with Crippen LogP contribution in [0.4, 0.5) is 0 Å². The molecule has 0 bridgehead atoms. The number of hydrogen-bond acceptors (Lipinski definition) is 3. The molecule has 0 atom stereocenters. The molecule has 0 amide bonds. The van der Waals surface area contributed by atoms with Crippen LogP contribution in [0.15, 0.2) is 23.6 Å². The number of rotatable bonds is 5. The highest BCUT2D eigenvalue weighted by Gasteiger charge is 1.94. The van der Waals surface area contributed by atoms with Gasteiger partial charge >= 0.3 is 0 Å². The van der Waals surface area contributed by atoms with Gasteiger partial charge in [-0.1, -0.05) is 5.16 Å². The highest BCUT2D eigenvalue weighted by atomic mass is 16.4. The Balaban J connectivity index is 2.08. The van der Waals surface area contributed by atoms with E-state index in [2.05, 4.69) is 10.3 Å². The zero-order valence-electron chi connectivity index (χ0n) is 7.43. The minimum atomic E-state index is 0.292. The maximum absolute atomic E-state index is 8.26. The molecule has 0 aliphatic rings. The van der Waals surface area contributed by atoms with Crippen LogP contribution in [0.1, 0.15) is 19.3 Å². The maximum atomic E-state index is 8.26. The SMILES string of the molecule is N/C(CCCCn1cccn1)=N/O. The van der Waals surface area contributed by atoms with Gasteiger partial charge < -0.3 is 10.9 Å².